The van der Waals surface area contributed by atoms with Gasteiger partial charge in [-0.05, 0) is 36.2 Å². The first-order valence-corrected chi connectivity index (χ1v) is 6.75. The summed E-state index contributed by atoms with van der Waals surface area (Å²) in [7, 11) is 0. The van der Waals surface area contributed by atoms with Crippen molar-refractivity contribution in [2.45, 2.75) is 17.6 Å². The Balaban J connectivity index is 2.07. The van der Waals surface area contributed by atoms with Crippen molar-refractivity contribution in [3.8, 4) is 0 Å². The molecule has 17 heavy (non-hydrogen) atoms. The van der Waals surface area contributed by atoms with Crippen molar-refractivity contribution in [3.63, 3.8) is 0 Å². The Morgan fingerprint density at radius 3 is 2.53 bits per heavy atom. The fraction of sp³-hybridized carbons (Fsp3) is 0.143. The molecule has 0 heterocycles. The van der Waals surface area contributed by atoms with E-state index in [1.165, 1.54) is 5.56 Å². The molecule has 2 aromatic rings. The number of hydrogen-bond acceptors (Lipinski definition) is 2. The number of halogens is 1. The SMILES string of the molecule is Cc1cccc(SCc2ccc(Cl)cc2)c1N. The van der Waals surface area contributed by atoms with E-state index >= 15 is 0 Å². The van der Waals surface area contributed by atoms with Gasteiger partial charge < -0.3 is 5.73 Å². The topological polar surface area (TPSA) is 26.0 Å². The van der Waals surface area contributed by atoms with E-state index in [2.05, 4.69) is 6.07 Å². The molecule has 0 aliphatic heterocycles. The molecular formula is C14H14ClNS. The number of nitrogen functional groups attached to an aromatic ring is 1. The van der Waals surface area contributed by atoms with Gasteiger partial charge in [-0.1, -0.05) is 35.9 Å². The second-order valence-corrected chi connectivity index (χ2v) is 5.36. The van der Waals surface area contributed by atoms with E-state index < -0.39 is 0 Å². The van der Waals surface area contributed by atoms with Gasteiger partial charge in [-0.3, -0.25) is 0 Å². The Kier molecular flexibility index (Phi) is 3.97. The molecule has 88 valence electrons. The second kappa shape index (κ2) is 5.48. The molecule has 0 aliphatic carbocycles. The largest absolute Gasteiger partial charge is 0.398 e. The van der Waals surface area contributed by atoms with Crippen LogP contribution in [-0.2, 0) is 5.75 Å². The molecule has 1 nitrogen and oxygen atoms in total. The van der Waals surface area contributed by atoms with Crippen LogP contribution in [0.15, 0.2) is 47.4 Å². The summed E-state index contributed by atoms with van der Waals surface area (Å²) in [6.45, 7) is 2.03. The number of hydrogen-bond donors (Lipinski definition) is 1. The molecular weight excluding hydrogens is 250 g/mol. The highest BCUT2D eigenvalue weighted by atomic mass is 35.5. The van der Waals surface area contributed by atoms with E-state index in [1.807, 2.05) is 43.3 Å². The van der Waals surface area contributed by atoms with Crippen LogP contribution >= 0.6 is 23.4 Å². The summed E-state index contributed by atoms with van der Waals surface area (Å²) >= 11 is 7.60. The maximum atomic E-state index is 6.03. The molecule has 0 bridgehead atoms. The maximum absolute atomic E-state index is 6.03. The summed E-state index contributed by atoms with van der Waals surface area (Å²) in [5.74, 6) is 0.908. The van der Waals surface area contributed by atoms with Crippen molar-refractivity contribution in [1.82, 2.24) is 0 Å². The van der Waals surface area contributed by atoms with Gasteiger partial charge in [0.1, 0.15) is 0 Å². The highest BCUT2D eigenvalue weighted by Crippen LogP contribution is 2.30. The average molecular weight is 264 g/mol. The summed E-state index contributed by atoms with van der Waals surface area (Å²) < 4.78 is 0. The molecule has 2 aromatic carbocycles. The van der Waals surface area contributed by atoms with Gasteiger partial charge in [-0.15, -0.1) is 11.8 Å². The molecule has 0 unspecified atom stereocenters. The van der Waals surface area contributed by atoms with Gasteiger partial charge in [0.15, 0.2) is 0 Å². The predicted molar refractivity (Wildman–Crippen MR) is 76.6 cm³/mol. The molecule has 2 N–H and O–H groups in total. The third-order valence-electron chi connectivity index (χ3n) is 2.59. The number of rotatable bonds is 3. The van der Waals surface area contributed by atoms with Gasteiger partial charge in [0.2, 0.25) is 0 Å². The molecule has 0 radical (unpaired) electrons. The summed E-state index contributed by atoms with van der Waals surface area (Å²) in [5, 5.41) is 0.772. The summed E-state index contributed by atoms with van der Waals surface area (Å²) in [4.78, 5) is 1.14. The first-order chi connectivity index (χ1) is 8.16. The minimum absolute atomic E-state index is 0.772. The first kappa shape index (κ1) is 12.3. The monoisotopic (exact) mass is 263 g/mol. The Bertz CT molecular complexity index is 508. The summed E-state index contributed by atoms with van der Waals surface area (Å²) in [6, 6.07) is 14.0. The zero-order valence-electron chi connectivity index (χ0n) is 9.61. The van der Waals surface area contributed by atoms with E-state index in [0.717, 1.165) is 26.9 Å². The van der Waals surface area contributed by atoms with Gasteiger partial charge in [0, 0.05) is 21.4 Å². The van der Waals surface area contributed by atoms with E-state index in [1.54, 1.807) is 11.8 Å². The molecule has 0 saturated heterocycles. The lowest BCUT2D eigenvalue weighted by molar-refractivity contribution is 1.34. The van der Waals surface area contributed by atoms with Crippen LogP contribution in [0.2, 0.25) is 5.02 Å². The average Bonchev–Trinajstić information content (AvgIpc) is 2.33. The molecule has 2 rings (SSSR count). The lowest BCUT2D eigenvalue weighted by Gasteiger charge is -2.07. The van der Waals surface area contributed by atoms with Gasteiger partial charge in [-0.25, -0.2) is 0 Å². The van der Waals surface area contributed by atoms with Gasteiger partial charge in [-0.2, -0.15) is 0 Å². The zero-order valence-corrected chi connectivity index (χ0v) is 11.2. The first-order valence-electron chi connectivity index (χ1n) is 5.39. The minimum Gasteiger partial charge on any atom is -0.398 e. The second-order valence-electron chi connectivity index (χ2n) is 3.90. The fourth-order valence-electron chi connectivity index (χ4n) is 1.52. The number of nitrogens with two attached hydrogens (primary N) is 1. The molecule has 0 aliphatic rings. The normalized spacial score (nSPS) is 10.5. The van der Waals surface area contributed by atoms with Crippen molar-refractivity contribution in [1.29, 1.82) is 0 Å². The van der Waals surface area contributed by atoms with Crippen LogP contribution in [-0.4, -0.2) is 0 Å². The van der Waals surface area contributed by atoms with E-state index in [4.69, 9.17) is 17.3 Å². The van der Waals surface area contributed by atoms with Crippen molar-refractivity contribution in [2.24, 2.45) is 0 Å². The molecule has 0 atom stereocenters. The fourth-order valence-corrected chi connectivity index (χ4v) is 2.65. The van der Waals surface area contributed by atoms with E-state index in [9.17, 15) is 0 Å². The van der Waals surface area contributed by atoms with Gasteiger partial charge in [0.25, 0.3) is 0 Å². The van der Waals surface area contributed by atoms with Crippen LogP contribution in [0.5, 0.6) is 0 Å². The number of para-hydroxylation sites is 1. The maximum Gasteiger partial charge on any atom is 0.0482 e. The Morgan fingerprint density at radius 2 is 1.82 bits per heavy atom. The van der Waals surface area contributed by atoms with Crippen LogP contribution in [0.25, 0.3) is 0 Å². The lowest BCUT2D eigenvalue weighted by atomic mass is 10.2. The summed E-state index contributed by atoms with van der Waals surface area (Å²) in [5.41, 5.74) is 9.29. The summed E-state index contributed by atoms with van der Waals surface area (Å²) in [6.07, 6.45) is 0. The van der Waals surface area contributed by atoms with Crippen LogP contribution in [0.1, 0.15) is 11.1 Å². The van der Waals surface area contributed by atoms with Crippen molar-refractivity contribution < 1.29 is 0 Å². The van der Waals surface area contributed by atoms with Gasteiger partial charge >= 0.3 is 0 Å². The number of benzene rings is 2. The Hall–Kier alpha value is -1.12. The number of anilines is 1. The van der Waals surface area contributed by atoms with Crippen LogP contribution in [0, 0.1) is 6.92 Å². The standard InChI is InChI=1S/C14H14ClNS/c1-10-3-2-4-13(14(10)16)17-9-11-5-7-12(15)8-6-11/h2-8H,9,16H2,1H3. The molecule has 0 fully saturated rings. The van der Waals surface area contributed by atoms with Crippen molar-refractivity contribution in [2.75, 3.05) is 5.73 Å². The predicted octanol–water partition coefficient (Wildman–Crippen LogP) is 4.52. The Labute approximate surface area is 111 Å². The molecule has 0 spiro atoms. The smallest absolute Gasteiger partial charge is 0.0482 e. The molecule has 0 saturated carbocycles. The van der Waals surface area contributed by atoms with E-state index in [-0.39, 0.29) is 0 Å². The van der Waals surface area contributed by atoms with Crippen LogP contribution in [0.3, 0.4) is 0 Å². The van der Waals surface area contributed by atoms with Crippen LogP contribution in [0.4, 0.5) is 5.69 Å². The Morgan fingerprint density at radius 1 is 1.12 bits per heavy atom. The lowest BCUT2D eigenvalue weighted by Crippen LogP contribution is -1.92. The van der Waals surface area contributed by atoms with Crippen LogP contribution < -0.4 is 5.73 Å². The van der Waals surface area contributed by atoms with Crippen molar-refractivity contribution in [3.05, 3.63) is 58.6 Å². The minimum atomic E-state index is 0.772. The quantitative estimate of drug-likeness (QED) is 0.651. The molecule has 3 heteroatoms. The van der Waals surface area contributed by atoms with Crippen molar-refractivity contribution >= 4 is 29.1 Å². The highest BCUT2D eigenvalue weighted by molar-refractivity contribution is 7.98. The zero-order chi connectivity index (χ0) is 12.3. The molecule has 0 aromatic heterocycles. The molecule has 0 amide bonds. The highest BCUT2D eigenvalue weighted by Gasteiger charge is 2.02. The van der Waals surface area contributed by atoms with E-state index in [0.29, 0.717) is 0 Å². The third-order valence-corrected chi connectivity index (χ3v) is 3.99. The number of thioether (sulfide) groups is 1. The third kappa shape index (κ3) is 3.18. The number of aryl methyl sites for hydroxylation is 1. The van der Waals surface area contributed by atoms with Gasteiger partial charge in [0.05, 0.1) is 0 Å².